The maximum atomic E-state index is 13.4. The van der Waals surface area contributed by atoms with Crippen LogP contribution in [0.1, 0.15) is 46.8 Å². The van der Waals surface area contributed by atoms with Crippen molar-refractivity contribution in [2.24, 2.45) is 0 Å². The van der Waals surface area contributed by atoms with Gasteiger partial charge in [0.05, 0.1) is 5.56 Å². The molecule has 0 aromatic heterocycles. The van der Waals surface area contributed by atoms with E-state index in [1.165, 1.54) is 0 Å². The average molecular weight is 531 g/mol. The fourth-order valence-electron chi connectivity index (χ4n) is 5.36. The lowest BCUT2D eigenvalue weighted by Gasteiger charge is -2.35. The molecule has 1 unspecified atom stereocenters. The van der Waals surface area contributed by atoms with Crippen LogP contribution in [0.25, 0.3) is 0 Å². The predicted octanol–water partition coefficient (Wildman–Crippen LogP) is 4.95. The predicted molar refractivity (Wildman–Crippen MR) is 162 cm³/mol. The highest BCUT2D eigenvalue weighted by Crippen LogP contribution is 2.51. The van der Waals surface area contributed by atoms with Crippen LogP contribution in [0, 0.1) is 0 Å². The second-order valence-electron chi connectivity index (χ2n) is 10.7. The number of fused-ring (bicyclic) bond motifs is 1. The first kappa shape index (κ1) is 28.3. The standard InChI is InChI=1S/C32H42N4O3/c1-8-36(19-9-10-20-37)24-13-11-23(12-14-24)32(28-18-16-26(34(4)5)22-30(28)35(6)7)29-21-25(33(2)3)15-17-27(29)31(38)39-32/h11-18,21-22,37H,8-10,19-20H2,1-7H3. The molecule has 0 radical (unpaired) electrons. The number of ether oxygens (including phenoxy) is 1. The van der Waals surface area contributed by atoms with Gasteiger partial charge in [0.2, 0.25) is 0 Å². The number of rotatable bonds is 11. The Balaban J connectivity index is 1.94. The van der Waals surface area contributed by atoms with Gasteiger partial charge >= 0.3 is 5.97 Å². The number of carbonyl (C=O) groups excluding carboxylic acids is 1. The fraction of sp³-hybridized carbons (Fsp3) is 0.406. The molecule has 208 valence electrons. The summed E-state index contributed by atoms with van der Waals surface area (Å²) in [5, 5.41) is 9.21. The van der Waals surface area contributed by atoms with Crippen LogP contribution in [-0.2, 0) is 10.3 Å². The Morgan fingerprint density at radius 2 is 1.36 bits per heavy atom. The van der Waals surface area contributed by atoms with Crippen molar-refractivity contribution in [3.63, 3.8) is 0 Å². The van der Waals surface area contributed by atoms with Crippen LogP contribution < -0.4 is 19.6 Å². The molecule has 1 aliphatic rings. The van der Waals surface area contributed by atoms with Gasteiger partial charge in [0, 0.05) is 101 Å². The van der Waals surface area contributed by atoms with Crippen molar-refractivity contribution in [3.05, 3.63) is 82.9 Å². The third-order valence-electron chi connectivity index (χ3n) is 7.58. The van der Waals surface area contributed by atoms with E-state index in [0.29, 0.717) is 5.56 Å². The summed E-state index contributed by atoms with van der Waals surface area (Å²) >= 11 is 0. The SMILES string of the molecule is CCN(CCCCO)c1ccc(C2(c3ccc(N(C)C)cc3N(C)C)OC(=O)c3ccc(N(C)C)cc32)cc1. The lowest BCUT2D eigenvalue weighted by molar-refractivity contribution is 0.0253. The number of carbonyl (C=O) groups is 1. The third kappa shape index (κ3) is 5.28. The van der Waals surface area contributed by atoms with Crippen LogP contribution >= 0.6 is 0 Å². The number of aliphatic hydroxyl groups excluding tert-OH is 1. The molecule has 0 aliphatic carbocycles. The number of nitrogens with zero attached hydrogens (tertiary/aromatic N) is 4. The molecule has 39 heavy (non-hydrogen) atoms. The number of hydrogen-bond acceptors (Lipinski definition) is 7. The lowest BCUT2D eigenvalue weighted by atomic mass is 9.78. The Hall–Kier alpha value is -3.71. The monoisotopic (exact) mass is 530 g/mol. The number of benzene rings is 3. The minimum Gasteiger partial charge on any atom is -0.440 e. The Morgan fingerprint density at radius 3 is 1.95 bits per heavy atom. The van der Waals surface area contributed by atoms with E-state index < -0.39 is 5.60 Å². The van der Waals surface area contributed by atoms with Gasteiger partial charge in [0.1, 0.15) is 0 Å². The second kappa shape index (κ2) is 11.6. The molecule has 0 bridgehead atoms. The van der Waals surface area contributed by atoms with Gasteiger partial charge in [0.15, 0.2) is 5.60 Å². The molecule has 3 aromatic rings. The van der Waals surface area contributed by atoms with Gasteiger partial charge in [-0.3, -0.25) is 0 Å². The summed E-state index contributed by atoms with van der Waals surface area (Å²) < 4.78 is 6.48. The fourth-order valence-corrected chi connectivity index (χ4v) is 5.36. The van der Waals surface area contributed by atoms with Crippen molar-refractivity contribution in [2.75, 3.05) is 81.6 Å². The van der Waals surface area contributed by atoms with E-state index in [-0.39, 0.29) is 12.6 Å². The summed E-state index contributed by atoms with van der Waals surface area (Å²) in [6, 6.07) is 20.7. The normalized spacial score (nSPS) is 16.1. The molecule has 1 N–H and O–H groups in total. The van der Waals surface area contributed by atoms with Crippen molar-refractivity contribution in [2.45, 2.75) is 25.4 Å². The molecule has 0 fully saturated rings. The van der Waals surface area contributed by atoms with Gasteiger partial charge < -0.3 is 29.4 Å². The van der Waals surface area contributed by atoms with Crippen molar-refractivity contribution in [1.29, 1.82) is 0 Å². The summed E-state index contributed by atoms with van der Waals surface area (Å²) in [5.74, 6) is -0.319. The van der Waals surface area contributed by atoms with Gasteiger partial charge in [-0.1, -0.05) is 18.2 Å². The molecule has 0 spiro atoms. The zero-order valence-electron chi connectivity index (χ0n) is 24.4. The van der Waals surface area contributed by atoms with Crippen LogP contribution in [0.2, 0.25) is 0 Å². The Labute approximate surface area is 233 Å². The molecule has 1 aliphatic heterocycles. The molecule has 1 atom stereocenters. The zero-order chi connectivity index (χ0) is 28.3. The first-order valence-corrected chi connectivity index (χ1v) is 13.6. The minimum atomic E-state index is -1.10. The Bertz CT molecular complexity index is 1300. The average Bonchev–Trinajstić information content (AvgIpc) is 3.23. The van der Waals surface area contributed by atoms with E-state index in [1.54, 1.807) is 0 Å². The molecule has 0 amide bonds. The van der Waals surface area contributed by atoms with Crippen LogP contribution in [0.4, 0.5) is 22.7 Å². The van der Waals surface area contributed by atoms with Gasteiger partial charge in [-0.25, -0.2) is 4.79 Å². The number of unbranched alkanes of at least 4 members (excludes halogenated alkanes) is 1. The van der Waals surface area contributed by atoms with E-state index in [0.717, 1.165) is 65.4 Å². The van der Waals surface area contributed by atoms with Gasteiger partial charge in [-0.2, -0.15) is 0 Å². The largest absolute Gasteiger partial charge is 0.440 e. The Morgan fingerprint density at radius 1 is 0.744 bits per heavy atom. The third-order valence-corrected chi connectivity index (χ3v) is 7.58. The van der Waals surface area contributed by atoms with Gasteiger partial charge in [-0.15, -0.1) is 0 Å². The number of anilines is 4. The van der Waals surface area contributed by atoms with Crippen LogP contribution in [-0.4, -0.2) is 73.1 Å². The van der Waals surface area contributed by atoms with Crippen molar-refractivity contribution >= 4 is 28.7 Å². The van der Waals surface area contributed by atoms with Gasteiger partial charge in [-0.05, 0) is 62.2 Å². The van der Waals surface area contributed by atoms with E-state index in [2.05, 4.69) is 70.2 Å². The number of aliphatic hydroxyl groups is 1. The van der Waals surface area contributed by atoms with E-state index >= 15 is 0 Å². The molecular weight excluding hydrogens is 488 g/mol. The van der Waals surface area contributed by atoms with Crippen molar-refractivity contribution < 1.29 is 14.6 Å². The number of esters is 1. The number of cyclic esters (lactones) is 1. The summed E-state index contributed by atoms with van der Waals surface area (Å²) in [5.41, 5.74) is 6.33. The highest BCUT2D eigenvalue weighted by Gasteiger charge is 2.50. The smallest absolute Gasteiger partial charge is 0.340 e. The molecule has 7 nitrogen and oxygen atoms in total. The molecule has 3 aromatic carbocycles. The van der Waals surface area contributed by atoms with Crippen LogP contribution in [0.3, 0.4) is 0 Å². The second-order valence-corrected chi connectivity index (χ2v) is 10.7. The summed E-state index contributed by atoms with van der Waals surface area (Å²) in [6.45, 7) is 4.10. The molecule has 0 saturated carbocycles. The van der Waals surface area contributed by atoms with Gasteiger partial charge in [0.25, 0.3) is 0 Å². The number of hydrogen-bond donors (Lipinski definition) is 1. The minimum absolute atomic E-state index is 0.208. The summed E-state index contributed by atoms with van der Waals surface area (Å²) in [4.78, 5) is 22.0. The van der Waals surface area contributed by atoms with Crippen molar-refractivity contribution in [3.8, 4) is 0 Å². The maximum absolute atomic E-state index is 13.4. The van der Waals surface area contributed by atoms with Crippen LogP contribution in [0.5, 0.6) is 0 Å². The highest BCUT2D eigenvalue weighted by atomic mass is 16.6. The lowest BCUT2D eigenvalue weighted by Crippen LogP contribution is -2.32. The van der Waals surface area contributed by atoms with E-state index in [4.69, 9.17) is 4.74 Å². The molecule has 7 heteroatoms. The van der Waals surface area contributed by atoms with Crippen LogP contribution in [0.15, 0.2) is 60.7 Å². The Kier molecular flexibility index (Phi) is 8.40. The summed E-state index contributed by atoms with van der Waals surface area (Å²) in [7, 11) is 12.1. The first-order chi connectivity index (χ1) is 18.6. The van der Waals surface area contributed by atoms with Crippen molar-refractivity contribution in [1.82, 2.24) is 0 Å². The summed E-state index contributed by atoms with van der Waals surface area (Å²) in [6.07, 6.45) is 1.72. The van der Waals surface area contributed by atoms with E-state index in [1.807, 2.05) is 59.3 Å². The quantitative estimate of drug-likeness (QED) is 0.278. The topological polar surface area (TPSA) is 59.5 Å². The first-order valence-electron chi connectivity index (χ1n) is 13.6. The highest BCUT2D eigenvalue weighted by molar-refractivity contribution is 5.97. The molecule has 4 rings (SSSR count). The van der Waals surface area contributed by atoms with E-state index in [9.17, 15) is 9.90 Å². The molecule has 0 saturated heterocycles. The molecular formula is C32H42N4O3. The molecule has 1 heterocycles. The maximum Gasteiger partial charge on any atom is 0.340 e. The zero-order valence-corrected chi connectivity index (χ0v) is 24.4.